The minimum absolute atomic E-state index is 0.0667. The van der Waals surface area contributed by atoms with Gasteiger partial charge in [0.2, 0.25) is 10.0 Å². The van der Waals surface area contributed by atoms with Crippen molar-refractivity contribution in [3.63, 3.8) is 0 Å². The van der Waals surface area contributed by atoms with Crippen molar-refractivity contribution in [2.75, 3.05) is 13.2 Å². The van der Waals surface area contributed by atoms with Crippen LogP contribution in [0.2, 0.25) is 0 Å². The fraction of sp³-hybridized carbons (Fsp3) is 0.318. The Labute approximate surface area is 180 Å². The lowest BCUT2D eigenvalue weighted by Crippen LogP contribution is -2.32. The highest BCUT2D eigenvalue weighted by Crippen LogP contribution is 2.31. The Balaban J connectivity index is 1.61. The molecular formula is C22H23N5O3S. The van der Waals surface area contributed by atoms with Gasteiger partial charge in [0, 0.05) is 29.5 Å². The van der Waals surface area contributed by atoms with Crippen LogP contribution in [0.15, 0.2) is 47.4 Å². The molecule has 1 N–H and O–H groups in total. The highest BCUT2D eigenvalue weighted by Gasteiger charge is 2.23. The first-order valence-corrected chi connectivity index (χ1v) is 11.8. The highest BCUT2D eigenvalue weighted by atomic mass is 32.2. The van der Waals surface area contributed by atoms with Crippen LogP contribution in [-0.4, -0.2) is 47.5 Å². The number of benzene rings is 2. The number of hydrogen-bond acceptors (Lipinski definition) is 6. The van der Waals surface area contributed by atoms with Crippen LogP contribution in [0.5, 0.6) is 0 Å². The van der Waals surface area contributed by atoms with E-state index in [0.29, 0.717) is 34.9 Å². The van der Waals surface area contributed by atoms with Crippen molar-refractivity contribution >= 4 is 26.4 Å². The summed E-state index contributed by atoms with van der Waals surface area (Å²) in [7, 11) is -3.69. The molecule has 160 valence electrons. The van der Waals surface area contributed by atoms with Gasteiger partial charge in [-0.05, 0) is 38.3 Å². The molecule has 1 atom stereocenters. The molecule has 1 aliphatic heterocycles. The molecule has 0 radical (unpaired) electrons. The second kappa shape index (κ2) is 7.67. The lowest BCUT2D eigenvalue weighted by molar-refractivity contribution is 0.114. The SMILES string of the molecule is Cc1ccc(-c2nn3c(C)nnc3c3ccccc23)cc1S(=O)(=O)NC[C@H]1CCCO1. The first-order chi connectivity index (χ1) is 14.9. The summed E-state index contributed by atoms with van der Waals surface area (Å²) in [5.74, 6) is 0.667. The third-order valence-corrected chi connectivity index (χ3v) is 7.26. The second-order valence-electron chi connectivity index (χ2n) is 7.84. The van der Waals surface area contributed by atoms with Crippen LogP contribution >= 0.6 is 0 Å². The maximum absolute atomic E-state index is 13.1. The van der Waals surface area contributed by atoms with Crippen LogP contribution in [0.3, 0.4) is 0 Å². The number of ether oxygens (including phenoxy) is 1. The minimum Gasteiger partial charge on any atom is -0.377 e. The Morgan fingerprint density at radius 3 is 2.71 bits per heavy atom. The van der Waals surface area contributed by atoms with Crippen LogP contribution in [0.25, 0.3) is 27.7 Å². The Morgan fingerprint density at radius 1 is 1.13 bits per heavy atom. The van der Waals surface area contributed by atoms with E-state index in [0.717, 1.165) is 23.6 Å². The maximum atomic E-state index is 13.1. The monoisotopic (exact) mass is 437 g/mol. The van der Waals surface area contributed by atoms with Gasteiger partial charge in [0.15, 0.2) is 11.5 Å². The van der Waals surface area contributed by atoms with Gasteiger partial charge in [0.1, 0.15) is 0 Å². The fourth-order valence-electron chi connectivity index (χ4n) is 4.02. The number of nitrogens with one attached hydrogen (secondary N) is 1. The molecule has 1 saturated heterocycles. The third-order valence-electron chi connectivity index (χ3n) is 5.70. The Bertz CT molecular complexity index is 1390. The summed E-state index contributed by atoms with van der Waals surface area (Å²) in [6.07, 6.45) is 1.77. The quantitative estimate of drug-likeness (QED) is 0.515. The molecule has 9 heteroatoms. The molecule has 0 saturated carbocycles. The summed E-state index contributed by atoms with van der Waals surface area (Å²) >= 11 is 0. The van der Waals surface area contributed by atoms with E-state index in [-0.39, 0.29) is 17.5 Å². The van der Waals surface area contributed by atoms with Crippen molar-refractivity contribution in [2.45, 2.75) is 37.7 Å². The lowest BCUT2D eigenvalue weighted by Gasteiger charge is -2.14. The molecule has 3 heterocycles. The molecule has 8 nitrogen and oxygen atoms in total. The van der Waals surface area contributed by atoms with Crippen molar-refractivity contribution in [3.8, 4) is 11.3 Å². The van der Waals surface area contributed by atoms with Gasteiger partial charge in [0.25, 0.3) is 0 Å². The van der Waals surface area contributed by atoms with Crippen LogP contribution in [0.4, 0.5) is 0 Å². The smallest absolute Gasteiger partial charge is 0.240 e. The number of hydrogen-bond donors (Lipinski definition) is 1. The van der Waals surface area contributed by atoms with Crippen LogP contribution < -0.4 is 4.72 Å². The highest BCUT2D eigenvalue weighted by molar-refractivity contribution is 7.89. The summed E-state index contributed by atoms with van der Waals surface area (Å²) in [5.41, 5.74) is 2.75. The maximum Gasteiger partial charge on any atom is 0.240 e. The molecule has 2 aromatic heterocycles. The molecule has 31 heavy (non-hydrogen) atoms. The van der Waals surface area contributed by atoms with Gasteiger partial charge in [-0.2, -0.15) is 9.61 Å². The van der Waals surface area contributed by atoms with E-state index in [1.54, 1.807) is 17.5 Å². The standard InChI is InChI=1S/C22H23N5O3S/c1-14-9-10-16(12-20(14)31(28,29)23-13-17-6-5-11-30-17)21-18-7-3-4-8-19(18)22-25-24-15(2)27(22)26-21/h3-4,7-10,12,17,23H,5-6,11,13H2,1-2H3/t17-/m1/s1. The van der Waals surface area contributed by atoms with Crippen molar-refractivity contribution in [1.82, 2.24) is 24.5 Å². The fourth-order valence-corrected chi connectivity index (χ4v) is 5.35. The predicted octanol–water partition coefficient (Wildman–Crippen LogP) is 3.02. The van der Waals surface area contributed by atoms with Crippen molar-refractivity contribution in [2.24, 2.45) is 0 Å². The largest absolute Gasteiger partial charge is 0.377 e. The van der Waals surface area contributed by atoms with Gasteiger partial charge in [-0.1, -0.05) is 36.4 Å². The molecule has 1 aliphatic rings. The Morgan fingerprint density at radius 2 is 1.94 bits per heavy atom. The molecule has 4 aromatic rings. The topological polar surface area (TPSA) is 98.5 Å². The van der Waals surface area contributed by atoms with E-state index < -0.39 is 10.0 Å². The third kappa shape index (κ3) is 3.58. The summed E-state index contributed by atoms with van der Waals surface area (Å²) in [6, 6.07) is 13.2. The van der Waals surface area contributed by atoms with E-state index >= 15 is 0 Å². The van der Waals surface area contributed by atoms with Gasteiger partial charge in [-0.25, -0.2) is 13.1 Å². The van der Waals surface area contributed by atoms with E-state index in [1.165, 1.54) is 0 Å². The molecule has 0 bridgehead atoms. The number of aromatic nitrogens is 4. The van der Waals surface area contributed by atoms with Gasteiger partial charge in [-0.3, -0.25) is 0 Å². The van der Waals surface area contributed by atoms with Gasteiger partial charge >= 0.3 is 0 Å². The average Bonchev–Trinajstić information content (AvgIpc) is 3.42. The molecular weight excluding hydrogens is 414 g/mol. The summed E-state index contributed by atoms with van der Waals surface area (Å²) < 4.78 is 36.1. The van der Waals surface area contributed by atoms with Gasteiger partial charge in [0.05, 0.1) is 16.7 Å². The molecule has 0 unspecified atom stereocenters. The number of rotatable bonds is 5. The van der Waals surface area contributed by atoms with Crippen molar-refractivity contribution in [1.29, 1.82) is 0 Å². The number of nitrogens with zero attached hydrogens (tertiary/aromatic N) is 4. The van der Waals surface area contributed by atoms with E-state index in [9.17, 15) is 8.42 Å². The average molecular weight is 438 g/mol. The van der Waals surface area contributed by atoms with Gasteiger partial charge in [-0.15, -0.1) is 10.2 Å². The summed E-state index contributed by atoms with van der Waals surface area (Å²) in [5, 5.41) is 14.9. The number of fused-ring (bicyclic) bond motifs is 3. The van der Waals surface area contributed by atoms with E-state index in [4.69, 9.17) is 9.84 Å². The molecule has 0 aliphatic carbocycles. The van der Waals surface area contributed by atoms with Crippen LogP contribution in [0, 0.1) is 13.8 Å². The molecule has 2 aromatic carbocycles. The zero-order valence-corrected chi connectivity index (χ0v) is 18.2. The normalized spacial score (nSPS) is 17.0. The molecule has 0 spiro atoms. The molecule has 0 amide bonds. The minimum atomic E-state index is -3.69. The Kier molecular flexibility index (Phi) is 4.96. The lowest BCUT2D eigenvalue weighted by atomic mass is 10.0. The zero-order valence-electron chi connectivity index (χ0n) is 17.4. The molecule has 5 rings (SSSR count). The van der Waals surface area contributed by atoms with Gasteiger partial charge < -0.3 is 4.74 Å². The van der Waals surface area contributed by atoms with E-state index in [1.807, 2.05) is 43.3 Å². The number of sulfonamides is 1. The van der Waals surface area contributed by atoms with Crippen molar-refractivity contribution < 1.29 is 13.2 Å². The summed E-state index contributed by atoms with van der Waals surface area (Å²) in [6.45, 7) is 4.60. The number of aryl methyl sites for hydroxylation is 2. The Hall–Kier alpha value is -2.88. The first kappa shape index (κ1) is 20.0. The predicted molar refractivity (Wildman–Crippen MR) is 117 cm³/mol. The van der Waals surface area contributed by atoms with Crippen LogP contribution in [0.1, 0.15) is 24.2 Å². The van der Waals surface area contributed by atoms with Crippen LogP contribution in [-0.2, 0) is 14.8 Å². The molecule has 1 fully saturated rings. The summed E-state index contributed by atoms with van der Waals surface area (Å²) in [4.78, 5) is 0.245. The van der Waals surface area contributed by atoms with Crippen molar-refractivity contribution in [3.05, 3.63) is 53.9 Å². The first-order valence-electron chi connectivity index (χ1n) is 10.3. The van der Waals surface area contributed by atoms with E-state index in [2.05, 4.69) is 14.9 Å². The second-order valence-corrected chi connectivity index (χ2v) is 9.58. The zero-order chi connectivity index (χ0) is 21.6.